The first-order valence-corrected chi connectivity index (χ1v) is 8.65. The van der Waals surface area contributed by atoms with Crippen molar-refractivity contribution in [1.29, 1.82) is 0 Å². The lowest BCUT2D eigenvalue weighted by molar-refractivity contribution is 0.457. The summed E-state index contributed by atoms with van der Waals surface area (Å²) in [5.41, 5.74) is 3.09. The van der Waals surface area contributed by atoms with Crippen molar-refractivity contribution in [2.45, 2.75) is 20.8 Å². The minimum atomic E-state index is 0.646. The Hall–Kier alpha value is -2.16. The molecule has 0 aliphatic rings. The van der Waals surface area contributed by atoms with E-state index in [4.69, 9.17) is 32.7 Å². The van der Waals surface area contributed by atoms with E-state index in [2.05, 4.69) is 0 Å². The molecule has 3 rings (SSSR count). The molecule has 0 aromatic heterocycles. The summed E-state index contributed by atoms with van der Waals surface area (Å²) < 4.78 is 11.9. The van der Waals surface area contributed by atoms with Crippen molar-refractivity contribution in [2.24, 2.45) is 0 Å². The molecule has 0 aliphatic heterocycles. The minimum Gasteiger partial charge on any atom is -0.457 e. The van der Waals surface area contributed by atoms with Crippen LogP contribution in [-0.2, 0) is 0 Å². The Bertz CT molecular complexity index is 879. The molecule has 0 saturated heterocycles. The first-order chi connectivity index (χ1) is 11.9. The molecule has 0 saturated carbocycles. The number of aryl methyl sites for hydroxylation is 3. The van der Waals surface area contributed by atoms with Crippen molar-refractivity contribution >= 4 is 23.2 Å². The zero-order chi connectivity index (χ0) is 18.0. The smallest absolute Gasteiger partial charge is 0.134 e. The van der Waals surface area contributed by atoms with Crippen molar-refractivity contribution in [3.8, 4) is 23.0 Å². The Labute approximate surface area is 157 Å². The summed E-state index contributed by atoms with van der Waals surface area (Å²) in [4.78, 5) is 0. The van der Waals surface area contributed by atoms with Crippen LogP contribution in [0.4, 0.5) is 0 Å². The van der Waals surface area contributed by atoms with E-state index >= 15 is 0 Å². The molecule has 0 fully saturated rings. The third-order valence-corrected chi connectivity index (χ3v) is 4.09. The van der Waals surface area contributed by atoms with Gasteiger partial charge in [-0.2, -0.15) is 0 Å². The van der Waals surface area contributed by atoms with Gasteiger partial charge in [-0.15, -0.1) is 0 Å². The van der Waals surface area contributed by atoms with Crippen LogP contribution in [0.1, 0.15) is 16.7 Å². The minimum absolute atomic E-state index is 0.646. The van der Waals surface area contributed by atoms with Crippen LogP contribution in [0.15, 0.2) is 54.6 Å². The monoisotopic (exact) mass is 372 g/mol. The number of hydrogen-bond donors (Lipinski definition) is 0. The molecule has 128 valence electrons. The highest BCUT2D eigenvalue weighted by Crippen LogP contribution is 2.33. The molecule has 0 atom stereocenters. The fraction of sp³-hybridized carbons (Fsp3) is 0.143. The Morgan fingerprint density at radius 2 is 1.16 bits per heavy atom. The SMILES string of the molecule is Cc1cc(Cl)cc(Oc2ccc(C)c(Oc3cc(C)cc(Cl)c3)c2)c1. The fourth-order valence-corrected chi connectivity index (χ4v) is 3.10. The largest absolute Gasteiger partial charge is 0.457 e. The normalized spacial score (nSPS) is 10.6. The molecule has 25 heavy (non-hydrogen) atoms. The van der Waals surface area contributed by atoms with E-state index in [1.165, 1.54) is 0 Å². The first kappa shape index (κ1) is 17.7. The summed E-state index contributed by atoms with van der Waals surface area (Å²) in [5.74, 6) is 2.79. The maximum Gasteiger partial charge on any atom is 0.134 e. The fourth-order valence-electron chi connectivity index (χ4n) is 2.54. The molecule has 0 amide bonds. The molecule has 0 bridgehead atoms. The second-order valence-corrected chi connectivity index (χ2v) is 6.93. The third kappa shape index (κ3) is 4.68. The van der Waals surface area contributed by atoms with E-state index in [-0.39, 0.29) is 0 Å². The van der Waals surface area contributed by atoms with E-state index in [1.54, 1.807) is 12.1 Å². The summed E-state index contributed by atoms with van der Waals surface area (Å²) in [5, 5.41) is 1.29. The lowest BCUT2D eigenvalue weighted by Gasteiger charge is -2.13. The third-order valence-electron chi connectivity index (χ3n) is 3.65. The molecular formula is C21H18Cl2O2. The van der Waals surface area contributed by atoms with Crippen LogP contribution in [0.2, 0.25) is 10.0 Å². The van der Waals surface area contributed by atoms with Crippen molar-refractivity contribution in [3.63, 3.8) is 0 Å². The molecule has 0 N–H and O–H groups in total. The Kier molecular flexibility index (Phi) is 5.22. The second kappa shape index (κ2) is 7.38. The van der Waals surface area contributed by atoms with Crippen LogP contribution in [0.5, 0.6) is 23.0 Å². The lowest BCUT2D eigenvalue weighted by Crippen LogP contribution is -1.91. The van der Waals surface area contributed by atoms with Crippen molar-refractivity contribution in [2.75, 3.05) is 0 Å². The van der Waals surface area contributed by atoms with Crippen molar-refractivity contribution in [3.05, 3.63) is 81.3 Å². The Morgan fingerprint density at radius 3 is 1.72 bits per heavy atom. The summed E-state index contributed by atoms with van der Waals surface area (Å²) in [6, 6.07) is 17.0. The highest BCUT2D eigenvalue weighted by Gasteiger charge is 2.07. The number of ether oxygens (including phenoxy) is 2. The molecule has 0 unspecified atom stereocenters. The second-order valence-electron chi connectivity index (χ2n) is 6.06. The Morgan fingerprint density at radius 1 is 0.600 bits per heavy atom. The van der Waals surface area contributed by atoms with Gasteiger partial charge < -0.3 is 9.47 Å². The Balaban J connectivity index is 1.87. The van der Waals surface area contributed by atoms with E-state index in [0.717, 1.165) is 22.4 Å². The number of rotatable bonds is 4. The van der Waals surface area contributed by atoms with Gasteiger partial charge >= 0.3 is 0 Å². The van der Waals surface area contributed by atoms with Gasteiger partial charge in [0.05, 0.1) is 0 Å². The van der Waals surface area contributed by atoms with Crippen molar-refractivity contribution < 1.29 is 9.47 Å². The van der Waals surface area contributed by atoms with Crippen LogP contribution < -0.4 is 9.47 Å². The predicted molar refractivity (Wildman–Crippen MR) is 104 cm³/mol. The standard InChI is InChI=1S/C21H18Cl2O2/c1-13-6-16(22)10-19(8-13)24-18-5-4-15(3)21(12-18)25-20-9-14(2)7-17(23)11-20/h4-12H,1-3H3. The van der Waals surface area contributed by atoms with Gasteiger partial charge in [0.15, 0.2) is 0 Å². The molecule has 0 radical (unpaired) electrons. The molecule has 3 aromatic carbocycles. The summed E-state index contributed by atoms with van der Waals surface area (Å²) >= 11 is 12.2. The maximum atomic E-state index is 6.11. The van der Waals surface area contributed by atoms with Crippen LogP contribution in [-0.4, -0.2) is 0 Å². The first-order valence-electron chi connectivity index (χ1n) is 7.90. The average molecular weight is 373 g/mol. The zero-order valence-corrected chi connectivity index (χ0v) is 15.8. The molecule has 3 aromatic rings. The van der Waals surface area contributed by atoms with E-state index in [1.807, 2.05) is 63.2 Å². The van der Waals surface area contributed by atoms with E-state index < -0.39 is 0 Å². The van der Waals surface area contributed by atoms with Crippen LogP contribution in [0.3, 0.4) is 0 Å². The molecule has 4 heteroatoms. The average Bonchev–Trinajstić information content (AvgIpc) is 2.48. The summed E-state index contributed by atoms with van der Waals surface area (Å²) in [7, 11) is 0. The van der Waals surface area contributed by atoms with Gasteiger partial charge in [-0.1, -0.05) is 29.3 Å². The predicted octanol–water partition coefficient (Wildman–Crippen LogP) is 7.50. The molecule has 2 nitrogen and oxygen atoms in total. The topological polar surface area (TPSA) is 18.5 Å². The maximum absolute atomic E-state index is 6.11. The quantitative estimate of drug-likeness (QED) is 0.471. The highest BCUT2D eigenvalue weighted by molar-refractivity contribution is 6.31. The molecule has 0 spiro atoms. The van der Waals surface area contributed by atoms with Crippen LogP contribution in [0, 0.1) is 20.8 Å². The molecular weight excluding hydrogens is 355 g/mol. The van der Waals surface area contributed by atoms with Gasteiger partial charge in [-0.05, 0) is 79.9 Å². The van der Waals surface area contributed by atoms with Crippen LogP contribution >= 0.6 is 23.2 Å². The summed E-state index contributed by atoms with van der Waals surface area (Å²) in [6.45, 7) is 5.94. The van der Waals surface area contributed by atoms with Crippen molar-refractivity contribution in [1.82, 2.24) is 0 Å². The number of halogens is 2. The van der Waals surface area contributed by atoms with E-state index in [0.29, 0.717) is 27.3 Å². The lowest BCUT2D eigenvalue weighted by atomic mass is 10.2. The molecule has 0 heterocycles. The van der Waals surface area contributed by atoms with Gasteiger partial charge in [-0.3, -0.25) is 0 Å². The highest BCUT2D eigenvalue weighted by atomic mass is 35.5. The summed E-state index contributed by atoms with van der Waals surface area (Å²) in [6.07, 6.45) is 0. The zero-order valence-electron chi connectivity index (χ0n) is 14.3. The molecule has 0 aliphatic carbocycles. The van der Waals surface area contributed by atoms with Gasteiger partial charge in [-0.25, -0.2) is 0 Å². The van der Waals surface area contributed by atoms with Gasteiger partial charge in [0.25, 0.3) is 0 Å². The van der Waals surface area contributed by atoms with Gasteiger partial charge in [0.2, 0.25) is 0 Å². The number of benzene rings is 3. The van der Waals surface area contributed by atoms with E-state index in [9.17, 15) is 0 Å². The van der Waals surface area contributed by atoms with Gasteiger partial charge in [0, 0.05) is 16.1 Å². The van der Waals surface area contributed by atoms with Crippen LogP contribution in [0.25, 0.3) is 0 Å². The number of hydrogen-bond acceptors (Lipinski definition) is 2. The van der Waals surface area contributed by atoms with Gasteiger partial charge in [0.1, 0.15) is 23.0 Å².